The Kier molecular flexibility index (Phi) is 4.74. The second-order valence-corrected chi connectivity index (χ2v) is 7.76. The van der Waals surface area contributed by atoms with Gasteiger partial charge in [0, 0.05) is 24.8 Å². The first-order chi connectivity index (χ1) is 13.0. The summed E-state index contributed by atoms with van der Waals surface area (Å²) in [7, 11) is 0. The average Bonchev–Trinajstić information content (AvgIpc) is 3.00. The number of nitrogens with zero attached hydrogens (tertiary/aromatic N) is 2. The summed E-state index contributed by atoms with van der Waals surface area (Å²) in [6, 6.07) is 14.3. The fourth-order valence-electron chi connectivity index (χ4n) is 4.34. The number of rotatable bonds is 3. The molecule has 1 atom stereocenters. The van der Waals surface area contributed by atoms with E-state index >= 15 is 0 Å². The van der Waals surface area contributed by atoms with Gasteiger partial charge in [-0.25, -0.2) is 4.39 Å². The van der Waals surface area contributed by atoms with Crippen LogP contribution in [0.1, 0.15) is 30.9 Å². The summed E-state index contributed by atoms with van der Waals surface area (Å²) in [5, 5.41) is 10.9. The minimum atomic E-state index is -0.944. The number of aliphatic hydroxyl groups is 1. The van der Waals surface area contributed by atoms with Crippen molar-refractivity contribution in [3.8, 4) is 0 Å². The molecule has 0 bridgehead atoms. The van der Waals surface area contributed by atoms with Gasteiger partial charge < -0.3 is 10.0 Å². The van der Waals surface area contributed by atoms with E-state index in [1.54, 1.807) is 12.1 Å². The SMILES string of the molecule is CC1Cc2ccccc2N1C(=O)CN1CCC(O)(c2ccc(F)cc2)CC1. The number of piperidine rings is 1. The maximum Gasteiger partial charge on any atom is 0.241 e. The molecule has 1 N–H and O–H groups in total. The number of carbonyl (C=O) groups is 1. The van der Waals surface area contributed by atoms with Gasteiger partial charge in [-0.05, 0) is 55.5 Å². The van der Waals surface area contributed by atoms with Crippen molar-refractivity contribution in [2.75, 3.05) is 24.5 Å². The Balaban J connectivity index is 1.39. The first-order valence-corrected chi connectivity index (χ1v) is 9.57. The van der Waals surface area contributed by atoms with Crippen molar-refractivity contribution in [3.05, 3.63) is 65.5 Å². The Labute approximate surface area is 159 Å². The van der Waals surface area contributed by atoms with Gasteiger partial charge in [0.2, 0.25) is 5.91 Å². The second-order valence-electron chi connectivity index (χ2n) is 7.76. The topological polar surface area (TPSA) is 43.8 Å². The Morgan fingerprint density at radius 2 is 1.81 bits per heavy atom. The van der Waals surface area contributed by atoms with E-state index in [1.165, 1.54) is 17.7 Å². The van der Waals surface area contributed by atoms with Crippen LogP contribution >= 0.6 is 0 Å². The molecule has 0 saturated carbocycles. The molecule has 0 radical (unpaired) electrons. The zero-order chi connectivity index (χ0) is 19.0. The van der Waals surface area contributed by atoms with Gasteiger partial charge in [-0.3, -0.25) is 9.69 Å². The minimum Gasteiger partial charge on any atom is -0.385 e. The third-order valence-electron chi connectivity index (χ3n) is 5.90. The molecule has 4 nitrogen and oxygen atoms in total. The standard InChI is InChI=1S/C22H25FN2O2/c1-16-14-17-4-2-3-5-20(17)25(16)21(26)15-24-12-10-22(27,11-13-24)18-6-8-19(23)9-7-18/h2-9,16,27H,10-15H2,1H3. The molecule has 5 heteroatoms. The van der Waals surface area contributed by atoms with Crippen LogP contribution in [0.4, 0.5) is 10.1 Å². The molecule has 142 valence electrons. The average molecular weight is 368 g/mol. The molecule has 1 saturated heterocycles. The molecule has 0 aliphatic carbocycles. The largest absolute Gasteiger partial charge is 0.385 e. The number of halogens is 1. The number of benzene rings is 2. The van der Waals surface area contributed by atoms with Crippen molar-refractivity contribution in [2.45, 2.75) is 37.8 Å². The Morgan fingerprint density at radius 1 is 1.15 bits per heavy atom. The lowest BCUT2D eigenvalue weighted by Crippen LogP contribution is -2.48. The summed E-state index contributed by atoms with van der Waals surface area (Å²) in [5.74, 6) is -0.190. The highest BCUT2D eigenvalue weighted by Gasteiger charge is 2.36. The number of likely N-dealkylation sites (tertiary alicyclic amines) is 1. The molecule has 0 spiro atoms. The van der Waals surface area contributed by atoms with Crippen molar-refractivity contribution < 1.29 is 14.3 Å². The van der Waals surface area contributed by atoms with Gasteiger partial charge in [0.1, 0.15) is 5.82 Å². The molecule has 2 aliphatic heterocycles. The van der Waals surface area contributed by atoms with Crippen LogP contribution in [-0.2, 0) is 16.8 Å². The fraction of sp³-hybridized carbons (Fsp3) is 0.409. The summed E-state index contributed by atoms with van der Waals surface area (Å²) >= 11 is 0. The highest BCUT2D eigenvalue weighted by atomic mass is 19.1. The normalized spacial score (nSPS) is 21.9. The summed E-state index contributed by atoms with van der Waals surface area (Å²) in [5.41, 5.74) is 2.05. The third kappa shape index (κ3) is 3.49. The predicted octanol–water partition coefficient (Wildman–Crippen LogP) is 3.09. The highest BCUT2D eigenvalue weighted by molar-refractivity contribution is 5.97. The van der Waals surface area contributed by atoms with Crippen molar-refractivity contribution in [1.82, 2.24) is 4.90 Å². The molecular formula is C22H25FN2O2. The Bertz CT molecular complexity index is 828. The van der Waals surface area contributed by atoms with Gasteiger partial charge in [-0.1, -0.05) is 30.3 Å². The van der Waals surface area contributed by atoms with Gasteiger partial charge in [0.05, 0.1) is 12.1 Å². The predicted molar refractivity (Wildman–Crippen MR) is 103 cm³/mol. The van der Waals surface area contributed by atoms with Crippen molar-refractivity contribution >= 4 is 11.6 Å². The molecule has 1 fully saturated rings. The van der Waals surface area contributed by atoms with Crippen LogP contribution in [0.15, 0.2) is 48.5 Å². The van der Waals surface area contributed by atoms with Gasteiger partial charge in [0.15, 0.2) is 0 Å². The molecule has 1 unspecified atom stereocenters. The molecule has 0 aromatic heterocycles. The van der Waals surface area contributed by atoms with E-state index in [0.717, 1.165) is 17.7 Å². The van der Waals surface area contributed by atoms with E-state index in [1.807, 2.05) is 23.1 Å². The molecule has 27 heavy (non-hydrogen) atoms. The van der Waals surface area contributed by atoms with E-state index in [4.69, 9.17) is 0 Å². The van der Waals surface area contributed by atoms with Crippen LogP contribution in [0.3, 0.4) is 0 Å². The number of anilines is 1. The number of hydrogen-bond acceptors (Lipinski definition) is 3. The molecule has 2 aliphatic rings. The number of hydrogen-bond donors (Lipinski definition) is 1. The zero-order valence-corrected chi connectivity index (χ0v) is 15.6. The van der Waals surface area contributed by atoms with Crippen LogP contribution in [0.5, 0.6) is 0 Å². The number of fused-ring (bicyclic) bond motifs is 1. The van der Waals surface area contributed by atoms with E-state index in [0.29, 0.717) is 32.5 Å². The quantitative estimate of drug-likeness (QED) is 0.905. The number of para-hydroxylation sites is 1. The van der Waals surface area contributed by atoms with Crippen molar-refractivity contribution in [1.29, 1.82) is 0 Å². The lowest BCUT2D eigenvalue weighted by molar-refractivity contribution is -0.121. The van der Waals surface area contributed by atoms with Crippen LogP contribution in [0.2, 0.25) is 0 Å². The molecule has 1 amide bonds. The molecular weight excluding hydrogens is 343 g/mol. The van der Waals surface area contributed by atoms with Gasteiger partial charge in [0.25, 0.3) is 0 Å². The maximum atomic E-state index is 13.1. The van der Waals surface area contributed by atoms with E-state index in [-0.39, 0.29) is 17.8 Å². The summed E-state index contributed by atoms with van der Waals surface area (Å²) in [6.45, 7) is 3.73. The van der Waals surface area contributed by atoms with E-state index in [9.17, 15) is 14.3 Å². The van der Waals surface area contributed by atoms with Crippen LogP contribution < -0.4 is 4.90 Å². The summed E-state index contributed by atoms with van der Waals surface area (Å²) in [6.07, 6.45) is 1.97. The fourth-order valence-corrected chi connectivity index (χ4v) is 4.34. The molecule has 2 aromatic rings. The maximum absolute atomic E-state index is 13.1. The monoisotopic (exact) mass is 368 g/mol. The van der Waals surface area contributed by atoms with E-state index in [2.05, 4.69) is 17.9 Å². The Hall–Kier alpha value is -2.24. The van der Waals surface area contributed by atoms with Crippen LogP contribution in [-0.4, -0.2) is 41.6 Å². The number of amides is 1. The lowest BCUT2D eigenvalue weighted by atomic mass is 9.84. The van der Waals surface area contributed by atoms with Gasteiger partial charge in [-0.2, -0.15) is 0 Å². The number of carbonyl (C=O) groups excluding carboxylic acids is 1. The van der Waals surface area contributed by atoms with Crippen molar-refractivity contribution in [2.24, 2.45) is 0 Å². The first kappa shape index (κ1) is 18.1. The Morgan fingerprint density at radius 3 is 2.52 bits per heavy atom. The van der Waals surface area contributed by atoms with Gasteiger partial charge in [-0.15, -0.1) is 0 Å². The third-order valence-corrected chi connectivity index (χ3v) is 5.90. The second kappa shape index (κ2) is 7.06. The van der Waals surface area contributed by atoms with Crippen LogP contribution in [0, 0.1) is 5.82 Å². The summed E-state index contributed by atoms with van der Waals surface area (Å²) < 4.78 is 13.1. The van der Waals surface area contributed by atoms with Gasteiger partial charge >= 0.3 is 0 Å². The molecule has 2 aromatic carbocycles. The van der Waals surface area contributed by atoms with E-state index < -0.39 is 5.60 Å². The van der Waals surface area contributed by atoms with Crippen LogP contribution in [0.25, 0.3) is 0 Å². The first-order valence-electron chi connectivity index (χ1n) is 9.57. The molecule has 2 heterocycles. The lowest BCUT2D eigenvalue weighted by Gasteiger charge is -2.39. The molecule has 4 rings (SSSR count). The highest BCUT2D eigenvalue weighted by Crippen LogP contribution is 2.34. The zero-order valence-electron chi connectivity index (χ0n) is 15.6. The smallest absolute Gasteiger partial charge is 0.241 e. The van der Waals surface area contributed by atoms with Crippen molar-refractivity contribution in [3.63, 3.8) is 0 Å². The summed E-state index contributed by atoms with van der Waals surface area (Å²) in [4.78, 5) is 17.0. The minimum absolute atomic E-state index is 0.111.